The molecule has 2 aromatic carbocycles. The van der Waals surface area contributed by atoms with E-state index in [0.29, 0.717) is 16.2 Å². The van der Waals surface area contributed by atoms with Crippen LogP contribution >= 0.6 is 11.3 Å². The van der Waals surface area contributed by atoms with Gasteiger partial charge in [0, 0.05) is 10.9 Å². The second kappa shape index (κ2) is 8.92. The van der Waals surface area contributed by atoms with Crippen molar-refractivity contribution in [1.82, 2.24) is 5.43 Å². The lowest BCUT2D eigenvalue weighted by atomic mass is 9.86. The van der Waals surface area contributed by atoms with Crippen molar-refractivity contribution in [2.75, 3.05) is 0 Å². The molecule has 3 rings (SSSR count). The molecular formula is C24H23FN2O4S. The molecule has 1 aromatic heterocycles. The summed E-state index contributed by atoms with van der Waals surface area (Å²) in [5.41, 5.74) is 4.63. The molecular weight excluding hydrogens is 431 g/mol. The summed E-state index contributed by atoms with van der Waals surface area (Å²) in [5, 5.41) is 25.3. The van der Waals surface area contributed by atoms with Crippen LogP contribution in [0.1, 0.15) is 59.5 Å². The van der Waals surface area contributed by atoms with Gasteiger partial charge >= 0.3 is 5.97 Å². The number of aromatic hydroxyl groups is 1. The van der Waals surface area contributed by atoms with Crippen molar-refractivity contribution in [1.29, 1.82) is 0 Å². The Kier molecular flexibility index (Phi) is 6.45. The molecule has 0 aliphatic rings. The molecule has 0 saturated heterocycles. The molecule has 0 saturated carbocycles. The lowest BCUT2D eigenvalue weighted by Crippen LogP contribution is -2.19. The van der Waals surface area contributed by atoms with Crippen LogP contribution in [0.3, 0.4) is 0 Å². The third-order valence-electron chi connectivity index (χ3n) is 4.95. The minimum atomic E-state index is -1.42. The zero-order chi connectivity index (χ0) is 23.6. The van der Waals surface area contributed by atoms with Gasteiger partial charge in [-0.25, -0.2) is 14.6 Å². The van der Waals surface area contributed by atoms with Gasteiger partial charge in [-0.15, -0.1) is 11.3 Å². The van der Waals surface area contributed by atoms with E-state index in [0.717, 1.165) is 17.7 Å². The van der Waals surface area contributed by atoms with Gasteiger partial charge in [-0.2, -0.15) is 5.10 Å². The van der Waals surface area contributed by atoms with Crippen molar-refractivity contribution < 1.29 is 24.2 Å². The molecule has 1 amide bonds. The summed E-state index contributed by atoms with van der Waals surface area (Å²) in [7, 11) is 0. The average Bonchev–Trinajstić information content (AvgIpc) is 3.12. The van der Waals surface area contributed by atoms with Crippen LogP contribution in [0.5, 0.6) is 5.75 Å². The Morgan fingerprint density at radius 3 is 2.28 bits per heavy atom. The number of nitrogens with one attached hydrogen (secondary N) is 1. The molecule has 8 heteroatoms. The van der Waals surface area contributed by atoms with E-state index < -0.39 is 23.3 Å². The summed E-state index contributed by atoms with van der Waals surface area (Å²) >= 11 is 1.36. The molecule has 0 fully saturated rings. The van der Waals surface area contributed by atoms with E-state index in [1.54, 1.807) is 12.3 Å². The van der Waals surface area contributed by atoms with Crippen molar-refractivity contribution in [2.24, 2.45) is 5.10 Å². The van der Waals surface area contributed by atoms with Gasteiger partial charge in [-0.1, -0.05) is 45.0 Å². The molecule has 0 spiro atoms. The van der Waals surface area contributed by atoms with Crippen molar-refractivity contribution in [3.63, 3.8) is 0 Å². The van der Waals surface area contributed by atoms with Crippen LogP contribution in [0, 0.1) is 5.82 Å². The molecule has 32 heavy (non-hydrogen) atoms. The van der Waals surface area contributed by atoms with Gasteiger partial charge in [0.25, 0.3) is 5.91 Å². The summed E-state index contributed by atoms with van der Waals surface area (Å²) in [6.45, 7) is 8.02. The Balaban J connectivity index is 1.78. The zero-order valence-electron chi connectivity index (χ0n) is 18.1. The third kappa shape index (κ3) is 4.86. The number of rotatable bonds is 5. The first-order chi connectivity index (χ1) is 15.0. The van der Waals surface area contributed by atoms with Crippen LogP contribution in [0.4, 0.5) is 4.39 Å². The van der Waals surface area contributed by atoms with E-state index in [1.807, 2.05) is 24.3 Å². The van der Waals surface area contributed by atoms with Crippen LogP contribution in [0.15, 0.2) is 52.9 Å². The smallest absolute Gasteiger partial charge is 0.338 e. The lowest BCUT2D eigenvalue weighted by molar-refractivity contribution is 0.0691. The number of hydrogen-bond donors (Lipinski definition) is 3. The van der Waals surface area contributed by atoms with E-state index in [1.165, 1.54) is 23.0 Å². The number of hydrogen-bond acceptors (Lipinski definition) is 5. The highest BCUT2D eigenvalue weighted by Crippen LogP contribution is 2.39. The Morgan fingerprint density at radius 1 is 1.06 bits per heavy atom. The quantitative estimate of drug-likeness (QED) is 0.355. The minimum absolute atomic E-state index is 0.0273. The molecule has 1 heterocycles. The summed E-state index contributed by atoms with van der Waals surface area (Å²) in [6.07, 6.45) is 0. The molecule has 3 aromatic rings. The number of halogens is 1. The van der Waals surface area contributed by atoms with E-state index in [2.05, 4.69) is 31.3 Å². The number of carboxylic acids is 1. The summed E-state index contributed by atoms with van der Waals surface area (Å²) in [6, 6.07) is 11.0. The molecule has 6 nitrogen and oxygen atoms in total. The van der Waals surface area contributed by atoms with E-state index in [9.17, 15) is 19.1 Å². The third-order valence-corrected chi connectivity index (χ3v) is 5.97. The molecule has 0 aliphatic heterocycles. The van der Waals surface area contributed by atoms with Crippen molar-refractivity contribution in [2.45, 2.75) is 33.1 Å². The van der Waals surface area contributed by atoms with Gasteiger partial charge in [0.2, 0.25) is 0 Å². The number of carboxylic acid groups (broad SMARTS) is 1. The monoisotopic (exact) mass is 454 g/mol. The normalized spacial score (nSPS) is 12.0. The van der Waals surface area contributed by atoms with Gasteiger partial charge < -0.3 is 10.2 Å². The fraction of sp³-hybridized carbons (Fsp3) is 0.208. The Labute approximate surface area is 189 Å². The molecule has 0 atom stereocenters. The molecule has 166 valence electrons. The maximum Gasteiger partial charge on any atom is 0.338 e. The van der Waals surface area contributed by atoms with Gasteiger partial charge in [0.15, 0.2) is 0 Å². The predicted molar refractivity (Wildman–Crippen MR) is 123 cm³/mol. The van der Waals surface area contributed by atoms with Gasteiger partial charge in [-0.3, -0.25) is 4.79 Å². The highest BCUT2D eigenvalue weighted by Gasteiger charge is 2.18. The molecule has 0 radical (unpaired) electrons. The number of carbonyl (C=O) groups excluding carboxylic acids is 1. The molecule has 3 N–H and O–H groups in total. The van der Waals surface area contributed by atoms with Crippen molar-refractivity contribution >= 4 is 28.9 Å². The fourth-order valence-corrected chi connectivity index (χ4v) is 4.04. The SMILES string of the molecule is CC(=NNC(=O)c1ccc(C(=O)O)c(F)c1)c1csc(-c2ccc(C(C)(C)C)cc2)c1O. The predicted octanol–water partition coefficient (Wildman–Crippen LogP) is 5.41. The minimum Gasteiger partial charge on any atom is -0.506 e. The number of benzene rings is 2. The van der Waals surface area contributed by atoms with Crippen LogP contribution in [0.2, 0.25) is 0 Å². The number of carbonyl (C=O) groups is 2. The Bertz CT molecular complexity index is 1210. The first-order valence-corrected chi connectivity index (χ1v) is 10.7. The average molecular weight is 455 g/mol. The van der Waals surface area contributed by atoms with Crippen LogP contribution in [-0.2, 0) is 5.41 Å². The van der Waals surface area contributed by atoms with E-state index in [4.69, 9.17) is 5.11 Å². The maximum atomic E-state index is 13.8. The van der Waals surface area contributed by atoms with Crippen molar-refractivity contribution in [3.05, 3.63) is 75.9 Å². The fourth-order valence-electron chi connectivity index (χ4n) is 3.02. The number of aromatic carboxylic acids is 1. The summed E-state index contributed by atoms with van der Waals surface area (Å²) < 4.78 is 13.8. The van der Waals surface area contributed by atoms with Crippen molar-refractivity contribution in [3.8, 4) is 16.2 Å². The van der Waals surface area contributed by atoms with E-state index in [-0.39, 0.29) is 16.7 Å². The Morgan fingerprint density at radius 2 is 1.72 bits per heavy atom. The highest BCUT2D eigenvalue weighted by molar-refractivity contribution is 7.14. The topological polar surface area (TPSA) is 99.0 Å². The van der Waals surface area contributed by atoms with Gasteiger partial charge in [0.05, 0.1) is 21.7 Å². The Hall–Kier alpha value is -3.52. The van der Waals surface area contributed by atoms with Crippen LogP contribution in [0.25, 0.3) is 10.4 Å². The highest BCUT2D eigenvalue weighted by atomic mass is 32.1. The van der Waals surface area contributed by atoms with Crippen LogP contribution in [-0.4, -0.2) is 27.8 Å². The van der Waals surface area contributed by atoms with Gasteiger partial charge in [0.1, 0.15) is 11.6 Å². The molecule has 0 aliphatic carbocycles. The van der Waals surface area contributed by atoms with Crippen LogP contribution < -0.4 is 5.43 Å². The number of amides is 1. The van der Waals surface area contributed by atoms with Gasteiger partial charge in [-0.05, 0) is 41.7 Å². The first-order valence-electron chi connectivity index (χ1n) is 9.78. The summed E-state index contributed by atoms with van der Waals surface area (Å²) in [5.74, 6) is -3.07. The molecule has 0 unspecified atom stereocenters. The number of hydrazone groups is 1. The summed E-state index contributed by atoms with van der Waals surface area (Å²) in [4.78, 5) is 23.8. The number of nitrogens with zero attached hydrogens (tertiary/aromatic N) is 1. The van der Waals surface area contributed by atoms with E-state index >= 15 is 0 Å². The maximum absolute atomic E-state index is 13.8. The first kappa shape index (κ1) is 23.1. The largest absolute Gasteiger partial charge is 0.506 e. The second-order valence-corrected chi connectivity index (χ2v) is 9.17. The molecule has 0 bridgehead atoms. The second-order valence-electron chi connectivity index (χ2n) is 8.29. The lowest BCUT2D eigenvalue weighted by Gasteiger charge is -2.19. The zero-order valence-corrected chi connectivity index (χ0v) is 18.9. The number of thiophene rings is 1. The standard InChI is InChI=1S/C24H23FN2O4S/c1-13(26-27-22(29)15-7-10-17(23(30)31)19(25)11-15)18-12-32-21(20(18)28)14-5-8-16(9-6-14)24(2,3)4/h5-12,28H,1-4H3,(H,27,29)(H,30,31).